The molecule has 4 rings (SSSR count). The Hall–Kier alpha value is -4.21. The molecule has 3 aromatic rings. The third-order valence-electron chi connectivity index (χ3n) is 7.46. The van der Waals surface area contributed by atoms with Crippen LogP contribution in [-0.2, 0) is 16.2 Å². The first kappa shape index (κ1) is 29.8. The van der Waals surface area contributed by atoms with Crippen LogP contribution in [-0.4, -0.2) is 48.1 Å². The van der Waals surface area contributed by atoms with Gasteiger partial charge in [-0.2, -0.15) is 0 Å². The monoisotopic (exact) mass is 557 g/mol. The molecular weight excluding hydrogens is 518 g/mol. The summed E-state index contributed by atoms with van der Waals surface area (Å²) in [4.78, 5) is 37.9. The third kappa shape index (κ3) is 7.50. The van der Waals surface area contributed by atoms with E-state index in [1.54, 1.807) is 24.3 Å². The number of nitrogens with one attached hydrogen (secondary N) is 4. The van der Waals surface area contributed by atoms with Crippen LogP contribution in [0.15, 0.2) is 72.8 Å². The highest BCUT2D eigenvalue weighted by atomic mass is 16.3. The Balaban J connectivity index is 1.45. The van der Waals surface area contributed by atoms with Gasteiger partial charge in [-0.05, 0) is 58.7 Å². The third-order valence-corrected chi connectivity index (χ3v) is 7.46. The van der Waals surface area contributed by atoms with E-state index in [4.69, 9.17) is 5.73 Å². The van der Waals surface area contributed by atoms with Gasteiger partial charge in [0.2, 0.25) is 11.8 Å². The molecule has 7 N–H and O–H groups in total. The normalized spacial score (nSPS) is 13.7. The average molecular weight is 558 g/mol. The molecule has 0 spiro atoms. The standard InChI is InChI=1S/C32H39N5O4/c1-20(2)29(35-18-27-25-10-5-3-8-23(25)24-9-4-6-11-26(24)27)31(40)37-28(12-7-17-34-32(33)41)30(39)36-22-15-13-21(19-38)14-16-22/h3-6,8-11,13-16,20,27-29,35,38H,7,12,17-19H2,1-2H3,(H,36,39)(H,37,40)(H3,33,34,41)/t28-,29-/m0/s1. The molecule has 0 saturated heterocycles. The molecule has 0 bridgehead atoms. The van der Waals surface area contributed by atoms with Gasteiger partial charge < -0.3 is 32.1 Å². The Morgan fingerprint density at radius 2 is 1.49 bits per heavy atom. The van der Waals surface area contributed by atoms with Crippen LogP contribution >= 0.6 is 0 Å². The topological polar surface area (TPSA) is 146 Å². The van der Waals surface area contributed by atoms with Crippen molar-refractivity contribution in [2.24, 2.45) is 11.7 Å². The summed E-state index contributed by atoms with van der Waals surface area (Å²) >= 11 is 0. The fourth-order valence-electron chi connectivity index (χ4n) is 5.33. The second kappa shape index (κ2) is 13.9. The number of anilines is 1. The van der Waals surface area contributed by atoms with Gasteiger partial charge in [-0.1, -0.05) is 74.5 Å². The maximum absolute atomic E-state index is 13.6. The van der Waals surface area contributed by atoms with Gasteiger partial charge >= 0.3 is 6.03 Å². The molecule has 0 fully saturated rings. The minimum atomic E-state index is -0.828. The highest BCUT2D eigenvalue weighted by molar-refractivity contribution is 5.98. The molecule has 0 radical (unpaired) electrons. The van der Waals surface area contributed by atoms with E-state index in [2.05, 4.69) is 45.5 Å². The van der Waals surface area contributed by atoms with Crippen LogP contribution in [0.1, 0.15) is 49.3 Å². The van der Waals surface area contributed by atoms with Crippen molar-refractivity contribution in [2.45, 2.75) is 51.3 Å². The lowest BCUT2D eigenvalue weighted by molar-refractivity contribution is -0.128. The Morgan fingerprint density at radius 3 is 2.05 bits per heavy atom. The van der Waals surface area contributed by atoms with Crippen LogP contribution in [0.25, 0.3) is 11.1 Å². The molecule has 1 aliphatic carbocycles. The molecule has 0 aliphatic heterocycles. The molecule has 0 unspecified atom stereocenters. The number of fused-ring (bicyclic) bond motifs is 3. The smallest absolute Gasteiger partial charge is 0.312 e. The number of nitrogens with two attached hydrogens (primary N) is 1. The molecule has 4 amide bonds. The number of hydrogen-bond acceptors (Lipinski definition) is 5. The molecule has 0 saturated carbocycles. The van der Waals surface area contributed by atoms with Gasteiger partial charge in [-0.3, -0.25) is 9.59 Å². The van der Waals surface area contributed by atoms with E-state index in [0.717, 1.165) is 5.56 Å². The van der Waals surface area contributed by atoms with E-state index in [1.807, 2.05) is 38.1 Å². The zero-order chi connectivity index (χ0) is 29.4. The van der Waals surface area contributed by atoms with Crippen molar-refractivity contribution in [1.82, 2.24) is 16.0 Å². The highest BCUT2D eigenvalue weighted by Crippen LogP contribution is 2.44. The van der Waals surface area contributed by atoms with E-state index in [1.165, 1.54) is 22.3 Å². The van der Waals surface area contributed by atoms with E-state index in [9.17, 15) is 19.5 Å². The fourth-order valence-corrected chi connectivity index (χ4v) is 5.33. The maximum atomic E-state index is 13.6. The first-order valence-electron chi connectivity index (χ1n) is 14.0. The van der Waals surface area contributed by atoms with E-state index in [0.29, 0.717) is 25.1 Å². The van der Waals surface area contributed by atoms with E-state index < -0.39 is 18.1 Å². The number of aliphatic hydroxyl groups is 1. The maximum Gasteiger partial charge on any atom is 0.312 e. The van der Waals surface area contributed by atoms with E-state index >= 15 is 0 Å². The van der Waals surface area contributed by atoms with Crippen LogP contribution in [0, 0.1) is 5.92 Å². The predicted molar refractivity (Wildman–Crippen MR) is 160 cm³/mol. The van der Waals surface area contributed by atoms with Crippen molar-refractivity contribution >= 4 is 23.5 Å². The fraction of sp³-hybridized carbons (Fsp3) is 0.344. The van der Waals surface area contributed by atoms with Gasteiger partial charge in [0.15, 0.2) is 0 Å². The summed E-state index contributed by atoms with van der Waals surface area (Å²) in [5.41, 5.74) is 11.3. The number of urea groups is 1. The molecule has 9 heteroatoms. The molecule has 9 nitrogen and oxygen atoms in total. The summed E-state index contributed by atoms with van der Waals surface area (Å²) in [7, 11) is 0. The Bertz CT molecular complexity index is 1310. The quantitative estimate of drug-likeness (QED) is 0.178. The summed E-state index contributed by atoms with van der Waals surface area (Å²) in [6.07, 6.45) is 0.751. The number of amides is 4. The molecule has 41 heavy (non-hydrogen) atoms. The zero-order valence-electron chi connectivity index (χ0n) is 23.5. The highest BCUT2D eigenvalue weighted by Gasteiger charge is 2.31. The molecule has 3 aromatic carbocycles. The average Bonchev–Trinajstić information content (AvgIpc) is 3.28. The lowest BCUT2D eigenvalue weighted by Crippen LogP contribution is -2.54. The first-order chi connectivity index (χ1) is 19.8. The van der Waals surface area contributed by atoms with E-state index in [-0.39, 0.29) is 36.8 Å². The lowest BCUT2D eigenvalue weighted by atomic mass is 9.95. The van der Waals surface area contributed by atoms with Crippen LogP contribution < -0.4 is 27.0 Å². The Labute approximate surface area is 240 Å². The predicted octanol–water partition coefficient (Wildman–Crippen LogP) is 3.48. The van der Waals surface area contributed by atoms with Crippen molar-refractivity contribution in [3.8, 4) is 11.1 Å². The number of hydrogen-bond donors (Lipinski definition) is 6. The van der Waals surface area contributed by atoms with Gasteiger partial charge in [0, 0.05) is 24.7 Å². The molecule has 2 atom stereocenters. The molecule has 0 heterocycles. The number of aliphatic hydroxyl groups excluding tert-OH is 1. The molecule has 0 aromatic heterocycles. The number of carbonyl (C=O) groups excluding carboxylic acids is 3. The van der Waals surface area contributed by atoms with Crippen molar-refractivity contribution in [2.75, 3.05) is 18.4 Å². The van der Waals surface area contributed by atoms with Crippen LogP contribution in [0.3, 0.4) is 0 Å². The number of primary amides is 1. The molecule has 216 valence electrons. The summed E-state index contributed by atoms with van der Waals surface area (Å²) in [5, 5.41) is 21.1. The van der Waals surface area contributed by atoms with Gasteiger partial charge in [0.25, 0.3) is 0 Å². The van der Waals surface area contributed by atoms with Gasteiger partial charge in [0.05, 0.1) is 12.6 Å². The van der Waals surface area contributed by atoms with Crippen molar-refractivity contribution < 1.29 is 19.5 Å². The zero-order valence-corrected chi connectivity index (χ0v) is 23.5. The first-order valence-corrected chi connectivity index (χ1v) is 14.0. The van der Waals surface area contributed by atoms with Gasteiger partial charge in [-0.15, -0.1) is 0 Å². The Kier molecular flexibility index (Phi) is 10.1. The van der Waals surface area contributed by atoms with Crippen molar-refractivity contribution in [1.29, 1.82) is 0 Å². The summed E-state index contributed by atoms with van der Waals surface area (Å²) in [6, 6.07) is 21.6. The van der Waals surface area contributed by atoms with Gasteiger partial charge in [-0.25, -0.2) is 4.79 Å². The second-order valence-corrected chi connectivity index (χ2v) is 10.7. The molecular formula is C32H39N5O4. The largest absolute Gasteiger partial charge is 0.392 e. The number of benzene rings is 3. The summed E-state index contributed by atoms with van der Waals surface area (Å²) in [6.45, 7) is 4.71. The lowest BCUT2D eigenvalue weighted by Gasteiger charge is -2.27. The SMILES string of the molecule is CC(C)[C@H](NCC1c2ccccc2-c2ccccc21)C(=O)N[C@@H](CCCNC(N)=O)C(=O)Nc1ccc(CO)cc1. The Morgan fingerprint density at radius 1 is 0.878 bits per heavy atom. The van der Waals surface area contributed by atoms with Crippen LogP contribution in [0.5, 0.6) is 0 Å². The molecule has 1 aliphatic rings. The number of rotatable bonds is 13. The van der Waals surface area contributed by atoms with Crippen LogP contribution in [0.4, 0.5) is 10.5 Å². The van der Waals surface area contributed by atoms with Crippen molar-refractivity contribution in [3.05, 3.63) is 89.5 Å². The van der Waals surface area contributed by atoms with Crippen molar-refractivity contribution in [3.63, 3.8) is 0 Å². The second-order valence-electron chi connectivity index (χ2n) is 10.7. The minimum Gasteiger partial charge on any atom is -0.392 e. The summed E-state index contributed by atoms with van der Waals surface area (Å²) < 4.78 is 0. The minimum absolute atomic E-state index is 0.0341. The number of carbonyl (C=O) groups is 3. The van der Waals surface area contributed by atoms with Crippen LogP contribution in [0.2, 0.25) is 0 Å². The van der Waals surface area contributed by atoms with Gasteiger partial charge in [0.1, 0.15) is 6.04 Å². The summed E-state index contributed by atoms with van der Waals surface area (Å²) in [5.74, 6) is -0.556.